The quantitative estimate of drug-likeness (QED) is 0.837. The Hall–Kier alpha value is -1.18. The minimum Gasteiger partial charge on any atom is -0.490 e. The molecule has 0 unspecified atom stereocenters. The Morgan fingerprint density at radius 2 is 1.94 bits per heavy atom. The van der Waals surface area contributed by atoms with E-state index in [0.29, 0.717) is 6.10 Å². The van der Waals surface area contributed by atoms with Gasteiger partial charge in [-0.1, -0.05) is 12.5 Å². The van der Waals surface area contributed by atoms with Gasteiger partial charge in [0.25, 0.3) is 0 Å². The van der Waals surface area contributed by atoms with Crippen LogP contribution < -0.4 is 10.1 Å². The monoisotopic (exact) mass is 231 g/mol. The molecule has 1 saturated carbocycles. The summed E-state index contributed by atoms with van der Waals surface area (Å²) >= 11 is 0. The number of nitrogens with one attached hydrogen (secondary N) is 1. The van der Waals surface area contributed by atoms with E-state index in [1.807, 2.05) is 0 Å². The average Bonchev–Trinajstić information content (AvgIpc) is 2.40. The van der Waals surface area contributed by atoms with E-state index in [2.05, 4.69) is 23.5 Å². The molecule has 17 heavy (non-hydrogen) atoms. The predicted molar refractivity (Wildman–Crippen MR) is 70.8 cm³/mol. The summed E-state index contributed by atoms with van der Waals surface area (Å²) in [6, 6.07) is 6.41. The maximum Gasteiger partial charge on any atom is 0.124 e. The van der Waals surface area contributed by atoms with Crippen molar-refractivity contribution in [3.05, 3.63) is 23.8 Å². The first-order valence-electron chi connectivity index (χ1n) is 6.96. The number of benzene rings is 1. The summed E-state index contributed by atoms with van der Waals surface area (Å²) in [5.74, 6) is 1.13. The van der Waals surface area contributed by atoms with Crippen molar-refractivity contribution in [1.29, 1.82) is 0 Å². The van der Waals surface area contributed by atoms with Gasteiger partial charge in [-0.2, -0.15) is 0 Å². The predicted octanol–water partition coefficient (Wildman–Crippen LogP) is 3.76. The second-order valence-corrected chi connectivity index (χ2v) is 5.19. The molecule has 1 aromatic carbocycles. The van der Waals surface area contributed by atoms with Crippen molar-refractivity contribution in [2.45, 2.75) is 51.0 Å². The second-order valence-electron chi connectivity index (χ2n) is 5.19. The molecule has 0 atom stereocenters. The third kappa shape index (κ3) is 2.41. The molecule has 1 aliphatic heterocycles. The minimum absolute atomic E-state index is 0.456. The van der Waals surface area contributed by atoms with Gasteiger partial charge in [0.2, 0.25) is 0 Å². The van der Waals surface area contributed by atoms with Crippen molar-refractivity contribution in [3.8, 4) is 5.75 Å². The summed E-state index contributed by atoms with van der Waals surface area (Å²) in [5, 5.41) is 3.46. The lowest BCUT2D eigenvalue weighted by Crippen LogP contribution is -2.21. The fourth-order valence-corrected chi connectivity index (χ4v) is 2.95. The van der Waals surface area contributed by atoms with Crippen molar-refractivity contribution < 1.29 is 4.74 Å². The van der Waals surface area contributed by atoms with Gasteiger partial charge < -0.3 is 10.1 Å². The minimum atomic E-state index is 0.456. The fourth-order valence-electron chi connectivity index (χ4n) is 2.95. The molecule has 0 saturated heterocycles. The average molecular weight is 231 g/mol. The highest BCUT2D eigenvalue weighted by Gasteiger charge is 2.18. The zero-order valence-corrected chi connectivity index (χ0v) is 10.4. The van der Waals surface area contributed by atoms with Gasteiger partial charge >= 0.3 is 0 Å². The van der Waals surface area contributed by atoms with Crippen LogP contribution in [0.3, 0.4) is 0 Å². The van der Waals surface area contributed by atoms with Crippen LogP contribution in [0.1, 0.15) is 44.1 Å². The van der Waals surface area contributed by atoms with Crippen LogP contribution in [-0.2, 0) is 6.42 Å². The van der Waals surface area contributed by atoms with Crippen LogP contribution in [0.2, 0.25) is 0 Å². The molecule has 2 nitrogen and oxygen atoms in total. The first-order chi connectivity index (χ1) is 8.43. The number of hydrogen-bond acceptors (Lipinski definition) is 2. The van der Waals surface area contributed by atoms with Crippen molar-refractivity contribution in [3.63, 3.8) is 0 Å². The normalized spacial score (nSPS) is 20.5. The largest absolute Gasteiger partial charge is 0.490 e. The fraction of sp³-hybridized carbons (Fsp3) is 0.600. The molecular formula is C15H21NO. The Labute approximate surface area is 103 Å². The highest BCUT2D eigenvalue weighted by molar-refractivity contribution is 5.59. The number of ether oxygens (including phenoxy) is 1. The van der Waals surface area contributed by atoms with E-state index in [1.165, 1.54) is 49.8 Å². The van der Waals surface area contributed by atoms with Crippen LogP contribution in [0.15, 0.2) is 18.2 Å². The highest BCUT2D eigenvalue weighted by Crippen LogP contribution is 2.33. The highest BCUT2D eigenvalue weighted by atomic mass is 16.5. The van der Waals surface area contributed by atoms with Gasteiger partial charge in [-0.05, 0) is 50.7 Å². The molecule has 3 rings (SSSR count). The lowest BCUT2D eigenvalue weighted by Gasteiger charge is -2.26. The number of rotatable bonds is 2. The van der Waals surface area contributed by atoms with Crippen molar-refractivity contribution in [1.82, 2.24) is 0 Å². The van der Waals surface area contributed by atoms with Crippen molar-refractivity contribution in [2.75, 3.05) is 11.9 Å². The smallest absolute Gasteiger partial charge is 0.124 e. The van der Waals surface area contributed by atoms with E-state index < -0.39 is 0 Å². The summed E-state index contributed by atoms with van der Waals surface area (Å²) in [6.07, 6.45) is 9.35. The molecule has 0 radical (unpaired) electrons. The van der Waals surface area contributed by atoms with Gasteiger partial charge in [0.05, 0.1) is 6.10 Å². The summed E-state index contributed by atoms with van der Waals surface area (Å²) < 4.78 is 6.21. The third-order valence-electron chi connectivity index (χ3n) is 3.90. The molecule has 1 heterocycles. The molecule has 0 spiro atoms. The summed E-state index contributed by atoms with van der Waals surface area (Å²) in [4.78, 5) is 0. The number of hydrogen-bond donors (Lipinski definition) is 1. The van der Waals surface area contributed by atoms with E-state index in [4.69, 9.17) is 4.74 Å². The molecule has 0 bridgehead atoms. The molecule has 1 aliphatic carbocycles. The topological polar surface area (TPSA) is 21.3 Å². The van der Waals surface area contributed by atoms with E-state index in [9.17, 15) is 0 Å². The van der Waals surface area contributed by atoms with Crippen LogP contribution in [0, 0.1) is 0 Å². The first kappa shape index (κ1) is 10.9. The number of fused-ring (bicyclic) bond motifs is 1. The lowest BCUT2D eigenvalue weighted by atomic mass is 9.97. The van der Waals surface area contributed by atoms with Crippen LogP contribution in [0.5, 0.6) is 5.75 Å². The standard InChI is InChI=1S/C15H21NO/c1-2-6-12(7-3-1)17-15-10-4-9-14-13(15)8-5-11-16-14/h4,9-10,12,16H,1-3,5-8,11H2. The Morgan fingerprint density at radius 1 is 1.06 bits per heavy atom. The van der Waals surface area contributed by atoms with Crippen LogP contribution in [-0.4, -0.2) is 12.6 Å². The first-order valence-corrected chi connectivity index (χ1v) is 6.96. The summed E-state index contributed by atoms with van der Waals surface area (Å²) in [7, 11) is 0. The molecule has 92 valence electrons. The van der Waals surface area contributed by atoms with Gasteiger partial charge in [-0.15, -0.1) is 0 Å². The summed E-state index contributed by atoms with van der Waals surface area (Å²) in [6.45, 7) is 1.10. The molecule has 0 amide bonds. The molecular weight excluding hydrogens is 210 g/mol. The molecule has 0 aromatic heterocycles. The lowest BCUT2D eigenvalue weighted by molar-refractivity contribution is 0.153. The summed E-state index contributed by atoms with van der Waals surface area (Å²) in [5.41, 5.74) is 2.67. The van der Waals surface area contributed by atoms with Gasteiger partial charge in [-0.3, -0.25) is 0 Å². The Bertz CT molecular complexity index is 383. The van der Waals surface area contributed by atoms with Crippen molar-refractivity contribution in [2.24, 2.45) is 0 Å². The van der Waals surface area contributed by atoms with Crippen LogP contribution in [0.25, 0.3) is 0 Å². The second kappa shape index (κ2) is 4.99. The van der Waals surface area contributed by atoms with Crippen molar-refractivity contribution >= 4 is 5.69 Å². The maximum atomic E-state index is 6.21. The van der Waals surface area contributed by atoms with E-state index in [1.54, 1.807) is 0 Å². The molecule has 2 aliphatic rings. The molecule has 1 N–H and O–H groups in total. The third-order valence-corrected chi connectivity index (χ3v) is 3.90. The Kier molecular flexibility index (Phi) is 3.21. The molecule has 2 heteroatoms. The maximum absolute atomic E-state index is 6.21. The van der Waals surface area contributed by atoms with Gasteiger partial charge in [0, 0.05) is 17.8 Å². The SMILES string of the molecule is c1cc2c(c(OC3CCCCC3)c1)CCCN2. The van der Waals surface area contributed by atoms with Gasteiger partial charge in [-0.25, -0.2) is 0 Å². The number of anilines is 1. The van der Waals surface area contributed by atoms with Crippen LogP contribution in [0.4, 0.5) is 5.69 Å². The van der Waals surface area contributed by atoms with E-state index >= 15 is 0 Å². The van der Waals surface area contributed by atoms with E-state index in [-0.39, 0.29) is 0 Å². The zero-order valence-electron chi connectivity index (χ0n) is 10.4. The Balaban J connectivity index is 1.77. The van der Waals surface area contributed by atoms with Gasteiger partial charge in [0.15, 0.2) is 0 Å². The molecule has 1 fully saturated rings. The molecule has 1 aromatic rings. The van der Waals surface area contributed by atoms with Crippen LogP contribution >= 0.6 is 0 Å². The zero-order chi connectivity index (χ0) is 11.5. The Morgan fingerprint density at radius 3 is 2.82 bits per heavy atom. The van der Waals surface area contributed by atoms with E-state index in [0.717, 1.165) is 18.7 Å². The van der Waals surface area contributed by atoms with Gasteiger partial charge in [0.1, 0.15) is 5.75 Å².